The minimum absolute atomic E-state index is 0.0394. The van der Waals surface area contributed by atoms with Crippen molar-refractivity contribution in [3.05, 3.63) is 0 Å². The van der Waals surface area contributed by atoms with E-state index in [9.17, 15) is 4.79 Å². The standard InChI is InChI=1S/C7H13NO3/c1-5(9)6-3-4-8(6)7(10)11-2/h5-6,9H,3-4H2,1-2H3. The first-order chi connectivity index (χ1) is 5.16. The summed E-state index contributed by atoms with van der Waals surface area (Å²) in [5.41, 5.74) is 0. The molecule has 2 unspecified atom stereocenters. The Morgan fingerprint density at radius 1 is 1.82 bits per heavy atom. The van der Waals surface area contributed by atoms with Crippen LogP contribution in [0.5, 0.6) is 0 Å². The number of hydrogen-bond donors (Lipinski definition) is 1. The highest BCUT2D eigenvalue weighted by Gasteiger charge is 2.35. The van der Waals surface area contributed by atoms with Crippen LogP contribution in [0.4, 0.5) is 4.79 Å². The first kappa shape index (κ1) is 8.33. The molecule has 0 aromatic rings. The van der Waals surface area contributed by atoms with Gasteiger partial charge >= 0.3 is 6.09 Å². The van der Waals surface area contributed by atoms with E-state index in [1.54, 1.807) is 6.92 Å². The SMILES string of the molecule is COC(=O)N1CCC1C(C)O. The van der Waals surface area contributed by atoms with E-state index in [0.717, 1.165) is 6.42 Å². The summed E-state index contributed by atoms with van der Waals surface area (Å²) in [6.07, 6.45) is 0.0669. The molecular weight excluding hydrogens is 146 g/mol. The van der Waals surface area contributed by atoms with Gasteiger partial charge in [0, 0.05) is 6.54 Å². The van der Waals surface area contributed by atoms with Gasteiger partial charge in [-0.15, -0.1) is 0 Å². The lowest BCUT2D eigenvalue weighted by atomic mass is 9.99. The van der Waals surface area contributed by atoms with Crippen LogP contribution in [0.2, 0.25) is 0 Å². The molecule has 0 aromatic heterocycles. The molecule has 64 valence electrons. The number of likely N-dealkylation sites (tertiary alicyclic amines) is 1. The number of carbonyl (C=O) groups excluding carboxylic acids is 1. The van der Waals surface area contributed by atoms with Crippen molar-refractivity contribution in [3.8, 4) is 0 Å². The third kappa shape index (κ3) is 1.45. The van der Waals surface area contributed by atoms with E-state index < -0.39 is 6.10 Å². The van der Waals surface area contributed by atoms with Gasteiger partial charge in [-0.05, 0) is 13.3 Å². The number of aliphatic hydroxyl groups excluding tert-OH is 1. The fraction of sp³-hybridized carbons (Fsp3) is 0.857. The maximum atomic E-state index is 10.9. The molecule has 1 N–H and O–H groups in total. The van der Waals surface area contributed by atoms with E-state index in [1.165, 1.54) is 12.0 Å². The Morgan fingerprint density at radius 2 is 2.45 bits per heavy atom. The van der Waals surface area contributed by atoms with Gasteiger partial charge in [0.15, 0.2) is 0 Å². The Morgan fingerprint density at radius 3 is 2.73 bits per heavy atom. The van der Waals surface area contributed by atoms with Gasteiger partial charge in [0.05, 0.1) is 19.3 Å². The Labute approximate surface area is 65.8 Å². The number of methoxy groups -OCH3 is 1. The summed E-state index contributed by atoms with van der Waals surface area (Å²) in [4.78, 5) is 12.4. The minimum Gasteiger partial charge on any atom is -0.453 e. The second kappa shape index (κ2) is 3.09. The van der Waals surface area contributed by atoms with Crippen LogP contribution in [0.3, 0.4) is 0 Å². The fourth-order valence-electron chi connectivity index (χ4n) is 1.25. The quantitative estimate of drug-likeness (QED) is 0.595. The molecule has 11 heavy (non-hydrogen) atoms. The summed E-state index contributed by atoms with van der Waals surface area (Å²) in [7, 11) is 1.35. The van der Waals surface area contributed by atoms with Gasteiger partial charge in [-0.1, -0.05) is 0 Å². The van der Waals surface area contributed by atoms with Gasteiger partial charge in [-0.25, -0.2) is 4.79 Å². The molecule has 4 heteroatoms. The van der Waals surface area contributed by atoms with Crippen LogP contribution in [0, 0.1) is 0 Å². The molecule has 0 spiro atoms. The molecule has 1 aliphatic rings. The highest BCUT2D eigenvalue weighted by atomic mass is 16.5. The summed E-state index contributed by atoms with van der Waals surface area (Å²) >= 11 is 0. The largest absolute Gasteiger partial charge is 0.453 e. The van der Waals surface area contributed by atoms with Gasteiger partial charge in [0.25, 0.3) is 0 Å². The van der Waals surface area contributed by atoms with Crippen molar-refractivity contribution in [3.63, 3.8) is 0 Å². The third-order valence-corrected chi connectivity index (χ3v) is 2.03. The topological polar surface area (TPSA) is 49.8 Å². The van der Waals surface area contributed by atoms with Crippen LogP contribution in [-0.2, 0) is 4.74 Å². The van der Waals surface area contributed by atoms with Crippen LogP contribution in [0.25, 0.3) is 0 Å². The zero-order valence-electron chi connectivity index (χ0n) is 6.78. The smallest absolute Gasteiger partial charge is 0.409 e. The number of hydrogen-bond acceptors (Lipinski definition) is 3. The van der Waals surface area contributed by atoms with Crippen LogP contribution < -0.4 is 0 Å². The number of carbonyl (C=O) groups is 1. The Hall–Kier alpha value is -0.770. The molecule has 1 heterocycles. The maximum Gasteiger partial charge on any atom is 0.409 e. The maximum absolute atomic E-state index is 10.9. The van der Waals surface area contributed by atoms with Gasteiger partial charge < -0.3 is 14.7 Å². The number of amides is 1. The monoisotopic (exact) mass is 159 g/mol. The van der Waals surface area contributed by atoms with E-state index in [4.69, 9.17) is 5.11 Å². The lowest BCUT2D eigenvalue weighted by Crippen LogP contribution is -2.55. The predicted octanol–water partition coefficient (Wildman–Crippen LogP) is 0.208. The van der Waals surface area contributed by atoms with Gasteiger partial charge in [0.1, 0.15) is 0 Å². The lowest BCUT2D eigenvalue weighted by molar-refractivity contribution is -0.00169. The molecule has 1 saturated heterocycles. The molecule has 1 amide bonds. The van der Waals surface area contributed by atoms with E-state index in [-0.39, 0.29) is 12.1 Å². The summed E-state index contributed by atoms with van der Waals surface area (Å²) in [6, 6.07) is -0.0394. The predicted molar refractivity (Wildman–Crippen MR) is 39.2 cm³/mol. The van der Waals surface area contributed by atoms with Crippen LogP contribution in [0.15, 0.2) is 0 Å². The van der Waals surface area contributed by atoms with Crippen molar-refractivity contribution >= 4 is 6.09 Å². The lowest BCUT2D eigenvalue weighted by Gasteiger charge is -2.41. The van der Waals surface area contributed by atoms with Gasteiger partial charge in [0.2, 0.25) is 0 Å². The average Bonchev–Trinajstić information content (AvgIpc) is 1.83. The van der Waals surface area contributed by atoms with Crippen molar-refractivity contribution in [1.82, 2.24) is 4.90 Å². The Bertz CT molecular complexity index is 158. The van der Waals surface area contributed by atoms with Crippen molar-refractivity contribution in [2.24, 2.45) is 0 Å². The van der Waals surface area contributed by atoms with E-state index in [2.05, 4.69) is 4.74 Å². The Balaban J connectivity index is 2.43. The molecule has 0 saturated carbocycles. The van der Waals surface area contributed by atoms with Crippen LogP contribution in [-0.4, -0.2) is 41.9 Å². The van der Waals surface area contributed by atoms with Crippen LogP contribution >= 0.6 is 0 Å². The Kier molecular flexibility index (Phi) is 2.34. The zero-order valence-corrected chi connectivity index (χ0v) is 6.78. The molecule has 2 atom stereocenters. The third-order valence-electron chi connectivity index (χ3n) is 2.03. The van der Waals surface area contributed by atoms with E-state index in [0.29, 0.717) is 6.54 Å². The molecular formula is C7H13NO3. The minimum atomic E-state index is -0.456. The fourth-order valence-corrected chi connectivity index (χ4v) is 1.25. The number of aliphatic hydroxyl groups is 1. The van der Waals surface area contributed by atoms with Crippen molar-refractivity contribution < 1.29 is 14.6 Å². The summed E-state index contributed by atoms with van der Waals surface area (Å²) in [5, 5.41) is 9.14. The van der Waals surface area contributed by atoms with Gasteiger partial charge in [-0.2, -0.15) is 0 Å². The van der Waals surface area contributed by atoms with Gasteiger partial charge in [-0.3, -0.25) is 0 Å². The summed E-state index contributed by atoms with van der Waals surface area (Å²) in [5.74, 6) is 0. The molecule has 1 rings (SSSR count). The molecule has 1 aliphatic heterocycles. The summed E-state index contributed by atoms with van der Waals surface area (Å²) < 4.78 is 4.51. The normalized spacial score (nSPS) is 25.7. The average molecular weight is 159 g/mol. The zero-order chi connectivity index (χ0) is 8.43. The molecule has 0 radical (unpaired) electrons. The molecule has 0 aliphatic carbocycles. The first-order valence-electron chi connectivity index (χ1n) is 3.69. The highest BCUT2D eigenvalue weighted by Crippen LogP contribution is 2.20. The van der Waals surface area contributed by atoms with E-state index in [1.807, 2.05) is 0 Å². The number of rotatable bonds is 1. The second-order valence-corrected chi connectivity index (χ2v) is 2.76. The van der Waals surface area contributed by atoms with Crippen molar-refractivity contribution in [2.45, 2.75) is 25.5 Å². The first-order valence-corrected chi connectivity index (χ1v) is 3.69. The molecule has 0 aromatic carbocycles. The van der Waals surface area contributed by atoms with E-state index >= 15 is 0 Å². The highest BCUT2D eigenvalue weighted by molar-refractivity contribution is 5.68. The molecule has 4 nitrogen and oxygen atoms in total. The molecule has 1 fully saturated rings. The number of ether oxygens (including phenoxy) is 1. The summed E-state index contributed by atoms with van der Waals surface area (Å²) in [6.45, 7) is 2.38. The second-order valence-electron chi connectivity index (χ2n) is 2.76. The number of nitrogens with zero attached hydrogens (tertiary/aromatic N) is 1. The van der Waals surface area contributed by atoms with Crippen LogP contribution in [0.1, 0.15) is 13.3 Å². The van der Waals surface area contributed by atoms with Crippen molar-refractivity contribution in [1.29, 1.82) is 0 Å². The molecule has 0 bridgehead atoms. The van der Waals surface area contributed by atoms with Crippen molar-refractivity contribution in [2.75, 3.05) is 13.7 Å².